The van der Waals surface area contributed by atoms with E-state index in [1.807, 2.05) is 12.3 Å². The lowest BCUT2D eigenvalue weighted by atomic mass is 10.1. The summed E-state index contributed by atoms with van der Waals surface area (Å²) in [4.78, 5) is 17.9. The van der Waals surface area contributed by atoms with Gasteiger partial charge < -0.3 is 10.2 Å². The zero-order valence-electron chi connectivity index (χ0n) is 12.6. The Hall–Kier alpha value is -2.02. The second-order valence-corrected chi connectivity index (χ2v) is 6.12. The lowest BCUT2D eigenvalue weighted by Crippen LogP contribution is -2.38. The number of aromatic nitrogens is 1. The topological polar surface area (TPSA) is 45.2 Å². The third-order valence-corrected chi connectivity index (χ3v) is 4.02. The fourth-order valence-corrected chi connectivity index (χ4v) is 2.56. The molecule has 0 aliphatic heterocycles. The van der Waals surface area contributed by atoms with Gasteiger partial charge >= 0.3 is 6.03 Å². The largest absolute Gasteiger partial charge is 0.331 e. The van der Waals surface area contributed by atoms with E-state index in [1.54, 1.807) is 14.0 Å². The molecule has 0 radical (unpaired) electrons. The highest BCUT2D eigenvalue weighted by Gasteiger charge is 2.15. The quantitative estimate of drug-likeness (QED) is 0.933. The zero-order chi connectivity index (χ0) is 16.3. The molecule has 7 heteroatoms. The lowest BCUT2D eigenvalue weighted by molar-refractivity contribution is 0.203. The molecule has 0 aliphatic carbocycles. The van der Waals surface area contributed by atoms with Gasteiger partial charge in [-0.2, -0.15) is 0 Å². The van der Waals surface area contributed by atoms with Gasteiger partial charge in [0.05, 0.1) is 23.3 Å². The molecule has 1 aromatic heterocycles. The van der Waals surface area contributed by atoms with Gasteiger partial charge in [-0.15, -0.1) is 11.3 Å². The predicted molar refractivity (Wildman–Crippen MR) is 81.6 cm³/mol. The molecular formula is C15H17F2N3OS. The van der Waals surface area contributed by atoms with Crippen LogP contribution in [0.4, 0.5) is 13.6 Å². The standard InChI is InChI=1S/C15H17F2N3OS/c1-9(11-4-5-13(16)14(17)6-11)18-15(21)20(3)7-12-8-22-10(2)19-12/h4-6,8-9H,7H2,1-3H3,(H,18,21)/t9-/m1/s1. The average Bonchev–Trinajstić information content (AvgIpc) is 2.86. The van der Waals surface area contributed by atoms with E-state index in [9.17, 15) is 13.6 Å². The van der Waals surface area contributed by atoms with Crippen molar-refractivity contribution in [1.29, 1.82) is 0 Å². The highest BCUT2D eigenvalue weighted by Crippen LogP contribution is 2.16. The van der Waals surface area contributed by atoms with Gasteiger partial charge in [-0.3, -0.25) is 0 Å². The van der Waals surface area contributed by atoms with Gasteiger partial charge in [0.25, 0.3) is 0 Å². The highest BCUT2D eigenvalue weighted by atomic mass is 32.1. The van der Waals surface area contributed by atoms with Crippen LogP contribution in [0.5, 0.6) is 0 Å². The van der Waals surface area contributed by atoms with E-state index in [2.05, 4.69) is 10.3 Å². The number of benzene rings is 1. The van der Waals surface area contributed by atoms with Crippen LogP contribution in [0, 0.1) is 18.6 Å². The number of nitrogens with zero attached hydrogens (tertiary/aromatic N) is 2. The molecule has 2 amide bonds. The molecule has 2 aromatic rings. The number of halogens is 2. The molecular weight excluding hydrogens is 308 g/mol. The van der Waals surface area contributed by atoms with E-state index in [-0.39, 0.29) is 6.03 Å². The van der Waals surface area contributed by atoms with E-state index in [4.69, 9.17) is 0 Å². The van der Waals surface area contributed by atoms with E-state index in [0.717, 1.165) is 22.8 Å². The summed E-state index contributed by atoms with van der Waals surface area (Å²) in [5.41, 5.74) is 1.32. The maximum absolute atomic E-state index is 13.2. The molecule has 1 heterocycles. The van der Waals surface area contributed by atoms with Gasteiger partial charge in [0.15, 0.2) is 11.6 Å². The van der Waals surface area contributed by atoms with E-state index < -0.39 is 17.7 Å². The minimum Gasteiger partial charge on any atom is -0.331 e. The Bertz CT molecular complexity index is 675. The van der Waals surface area contributed by atoms with Crippen LogP contribution in [0.3, 0.4) is 0 Å². The number of hydrogen-bond acceptors (Lipinski definition) is 3. The number of thiazole rings is 1. The fourth-order valence-electron chi connectivity index (χ4n) is 1.96. The van der Waals surface area contributed by atoms with E-state index >= 15 is 0 Å². The van der Waals surface area contributed by atoms with Crippen molar-refractivity contribution in [3.8, 4) is 0 Å². The highest BCUT2D eigenvalue weighted by molar-refractivity contribution is 7.09. The summed E-state index contributed by atoms with van der Waals surface area (Å²) in [6, 6.07) is 2.86. The number of urea groups is 1. The third-order valence-electron chi connectivity index (χ3n) is 3.20. The third kappa shape index (κ3) is 4.00. The summed E-state index contributed by atoms with van der Waals surface area (Å²) in [6.45, 7) is 4.01. The minimum absolute atomic E-state index is 0.303. The summed E-state index contributed by atoms with van der Waals surface area (Å²) >= 11 is 1.53. The first kappa shape index (κ1) is 16.4. The number of nitrogens with one attached hydrogen (secondary N) is 1. The van der Waals surface area contributed by atoms with Crippen LogP contribution in [0.1, 0.15) is 29.2 Å². The predicted octanol–water partition coefficient (Wildman–Crippen LogP) is 3.63. The van der Waals surface area contributed by atoms with Gasteiger partial charge in [0.2, 0.25) is 0 Å². The van der Waals surface area contributed by atoms with Crippen molar-refractivity contribution >= 4 is 17.4 Å². The summed E-state index contributed by atoms with van der Waals surface area (Å²) in [5, 5.41) is 5.59. The number of hydrogen-bond donors (Lipinski definition) is 1. The molecule has 0 saturated carbocycles. The Morgan fingerprint density at radius 1 is 1.41 bits per heavy atom. The van der Waals surface area contributed by atoms with Gasteiger partial charge in [-0.05, 0) is 31.5 Å². The molecule has 0 unspecified atom stereocenters. The lowest BCUT2D eigenvalue weighted by Gasteiger charge is -2.21. The molecule has 1 aromatic carbocycles. The maximum Gasteiger partial charge on any atom is 0.317 e. The number of aryl methyl sites for hydroxylation is 1. The molecule has 0 aliphatic rings. The van der Waals surface area contributed by atoms with Crippen LogP contribution in [0.2, 0.25) is 0 Å². The van der Waals surface area contributed by atoms with Crippen molar-refractivity contribution in [2.45, 2.75) is 26.4 Å². The molecule has 4 nitrogen and oxygen atoms in total. The van der Waals surface area contributed by atoms with Gasteiger partial charge in [-0.1, -0.05) is 6.07 Å². The molecule has 1 N–H and O–H groups in total. The van der Waals surface area contributed by atoms with Gasteiger partial charge in [0.1, 0.15) is 0 Å². The van der Waals surface area contributed by atoms with E-state index in [1.165, 1.54) is 22.3 Å². The normalized spacial score (nSPS) is 12.0. The molecule has 0 fully saturated rings. The number of carbonyl (C=O) groups is 1. The summed E-state index contributed by atoms with van der Waals surface area (Å²) < 4.78 is 26.1. The van der Waals surface area contributed by atoms with Crippen LogP contribution < -0.4 is 5.32 Å². The van der Waals surface area contributed by atoms with Crippen LogP contribution >= 0.6 is 11.3 Å². The molecule has 22 heavy (non-hydrogen) atoms. The Balaban J connectivity index is 1.96. The Morgan fingerprint density at radius 3 is 2.73 bits per heavy atom. The summed E-state index contributed by atoms with van der Waals surface area (Å²) in [5.74, 6) is -1.83. The zero-order valence-corrected chi connectivity index (χ0v) is 13.4. The average molecular weight is 325 g/mol. The van der Waals surface area contributed by atoms with Gasteiger partial charge in [-0.25, -0.2) is 18.6 Å². The SMILES string of the molecule is Cc1nc(CN(C)C(=O)N[C@H](C)c2ccc(F)c(F)c2)cs1. The van der Waals surface area contributed by atoms with Crippen molar-refractivity contribution in [1.82, 2.24) is 15.2 Å². The second-order valence-electron chi connectivity index (χ2n) is 5.06. The van der Waals surface area contributed by atoms with Crippen molar-refractivity contribution in [3.63, 3.8) is 0 Å². The molecule has 2 rings (SSSR count). The van der Waals surface area contributed by atoms with Crippen molar-refractivity contribution in [2.24, 2.45) is 0 Å². The van der Waals surface area contributed by atoms with Crippen LogP contribution in [-0.2, 0) is 6.54 Å². The number of carbonyl (C=O) groups excluding carboxylic acids is 1. The van der Waals surface area contributed by atoms with Crippen LogP contribution in [0.15, 0.2) is 23.6 Å². The van der Waals surface area contributed by atoms with Crippen LogP contribution in [0.25, 0.3) is 0 Å². The number of amides is 2. The Labute approximate surface area is 131 Å². The maximum atomic E-state index is 13.2. The first-order valence-corrected chi connectivity index (χ1v) is 7.62. The molecule has 1 atom stereocenters. The number of rotatable bonds is 4. The molecule has 0 spiro atoms. The Morgan fingerprint density at radius 2 is 2.14 bits per heavy atom. The second kappa shape index (κ2) is 6.83. The first-order valence-electron chi connectivity index (χ1n) is 6.74. The monoisotopic (exact) mass is 325 g/mol. The molecule has 0 saturated heterocycles. The fraction of sp³-hybridized carbons (Fsp3) is 0.333. The van der Waals surface area contributed by atoms with Crippen molar-refractivity contribution < 1.29 is 13.6 Å². The van der Waals surface area contributed by atoms with Crippen molar-refractivity contribution in [3.05, 3.63) is 51.5 Å². The minimum atomic E-state index is -0.926. The Kier molecular flexibility index (Phi) is 5.07. The molecule has 0 bridgehead atoms. The van der Waals surface area contributed by atoms with Crippen LogP contribution in [-0.4, -0.2) is 23.0 Å². The summed E-state index contributed by atoms with van der Waals surface area (Å²) in [7, 11) is 1.65. The van der Waals surface area contributed by atoms with E-state index in [0.29, 0.717) is 12.1 Å². The summed E-state index contributed by atoms with van der Waals surface area (Å²) in [6.07, 6.45) is 0. The van der Waals surface area contributed by atoms with Gasteiger partial charge in [0, 0.05) is 12.4 Å². The smallest absolute Gasteiger partial charge is 0.317 e. The molecule has 118 valence electrons. The van der Waals surface area contributed by atoms with Crippen molar-refractivity contribution in [2.75, 3.05) is 7.05 Å². The first-order chi connectivity index (χ1) is 10.4.